The molecule has 0 aromatic heterocycles. The molecule has 7 nitrogen and oxygen atoms in total. The van der Waals surface area contributed by atoms with Crippen molar-refractivity contribution in [3.05, 3.63) is 112 Å². The summed E-state index contributed by atoms with van der Waals surface area (Å²) in [5.41, 5.74) is 1.21. The van der Waals surface area contributed by atoms with Gasteiger partial charge in [0.2, 0.25) is 0 Å². The number of ketones is 1. The molecular formula is C23H16N2O5. The highest BCUT2D eigenvalue weighted by Crippen LogP contribution is 2.42. The third-order valence-electron chi connectivity index (χ3n) is 4.95. The largest absolute Gasteiger partial charge is 0.507 e. The Morgan fingerprint density at radius 2 is 1.43 bits per heavy atom. The van der Waals surface area contributed by atoms with Crippen LogP contribution in [0.15, 0.2) is 90.5 Å². The Kier molecular flexibility index (Phi) is 4.85. The molecule has 1 saturated heterocycles. The van der Waals surface area contributed by atoms with E-state index in [-0.39, 0.29) is 17.0 Å². The number of hydrogen-bond acceptors (Lipinski definition) is 5. The zero-order chi connectivity index (χ0) is 21.3. The van der Waals surface area contributed by atoms with E-state index in [1.54, 1.807) is 60.7 Å². The number of nitrogens with zero attached hydrogens (tertiary/aromatic N) is 2. The fourth-order valence-electron chi connectivity index (χ4n) is 3.54. The fourth-order valence-corrected chi connectivity index (χ4v) is 3.54. The number of aliphatic hydroxyl groups is 1. The van der Waals surface area contributed by atoms with Gasteiger partial charge in [0.1, 0.15) is 5.76 Å². The summed E-state index contributed by atoms with van der Waals surface area (Å²) in [5, 5.41) is 21.9. The molecule has 3 aromatic rings. The monoisotopic (exact) mass is 400 g/mol. The Morgan fingerprint density at radius 1 is 0.867 bits per heavy atom. The lowest BCUT2D eigenvalue weighted by atomic mass is 9.95. The molecule has 0 saturated carbocycles. The minimum atomic E-state index is -0.868. The van der Waals surface area contributed by atoms with Gasteiger partial charge in [-0.05, 0) is 17.7 Å². The summed E-state index contributed by atoms with van der Waals surface area (Å²) >= 11 is 0. The van der Waals surface area contributed by atoms with Crippen molar-refractivity contribution in [2.45, 2.75) is 6.04 Å². The van der Waals surface area contributed by atoms with Crippen molar-refractivity contribution in [1.29, 1.82) is 0 Å². The summed E-state index contributed by atoms with van der Waals surface area (Å²) < 4.78 is 0. The summed E-state index contributed by atoms with van der Waals surface area (Å²) in [4.78, 5) is 37.6. The number of anilines is 1. The molecular weight excluding hydrogens is 384 g/mol. The second kappa shape index (κ2) is 7.63. The van der Waals surface area contributed by atoms with Crippen LogP contribution in [0.25, 0.3) is 5.76 Å². The first-order chi connectivity index (χ1) is 14.5. The topological polar surface area (TPSA) is 101 Å². The summed E-state index contributed by atoms with van der Waals surface area (Å²) in [6, 6.07) is 21.9. The molecule has 30 heavy (non-hydrogen) atoms. The Morgan fingerprint density at radius 3 is 2.00 bits per heavy atom. The van der Waals surface area contributed by atoms with Gasteiger partial charge in [-0.2, -0.15) is 0 Å². The predicted molar refractivity (Wildman–Crippen MR) is 111 cm³/mol. The molecule has 1 amide bonds. The smallest absolute Gasteiger partial charge is 0.300 e. The highest BCUT2D eigenvalue weighted by atomic mass is 16.6. The van der Waals surface area contributed by atoms with Crippen molar-refractivity contribution < 1.29 is 19.6 Å². The molecule has 4 rings (SSSR count). The lowest BCUT2D eigenvalue weighted by Crippen LogP contribution is -2.29. The minimum absolute atomic E-state index is 0.0317. The van der Waals surface area contributed by atoms with Gasteiger partial charge >= 0.3 is 0 Å². The molecule has 148 valence electrons. The van der Waals surface area contributed by atoms with E-state index in [9.17, 15) is 24.8 Å². The van der Waals surface area contributed by atoms with Crippen molar-refractivity contribution in [3.63, 3.8) is 0 Å². The van der Waals surface area contributed by atoms with Crippen LogP contribution in [-0.4, -0.2) is 21.7 Å². The van der Waals surface area contributed by atoms with Gasteiger partial charge in [0, 0.05) is 23.4 Å². The van der Waals surface area contributed by atoms with E-state index in [1.165, 1.54) is 29.2 Å². The maximum atomic E-state index is 13.0. The average molecular weight is 400 g/mol. The number of carbonyl (C=O) groups is 2. The zero-order valence-electron chi connectivity index (χ0n) is 15.6. The van der Waals surface area contributed by atoms with Crippen LogP contribution in [0.5, 0.6) is 0 Å². The molecule has 0 aliphatic carbocycles. The van der Waals surface area contributed by atoms with Gasteiger partial charge in [-0.25, -0.2) is 0 Å². The molecule has 3 aromatic carbocycles. The van der Waals surface area contributed by atoms with E-state index < -0.39 is 22.7 Å². The predicted octanol–water partition coefficient (Wildman–Crippen LogP) is 4.22. The van der Waals surface area contributed by atoms with Gasteiger partial charge in [0.25, 0.3) is 17.4 Å². The molecule has 7 heteroatoms. The van der Waals surface area contributed by atoms with Crippen molar-refractivity contribution in [2.75, 3.05) is 4.90 Å². The summed E-state index contributed by atoms with van der Waals surface area (Å²) in [5.74, 6) is -1.90. The second-order valence-electron chi connectivity index (χ2n) is 6.72. The maximum Gasteiger partial charge on any atom is 0.300 e. The Labute approximate surface area is 171 Å². The van der Waals surface area contributed by atoms with Crippen molar-refractivity contribution in [1.82, 2.24) is 0 Å². The highest BCUT2D eigenvalue weighted by molar-refractivity contribution is 6.51. The van der Waals surface area contributed by atoms with Crippen LogP contribution in [0.1, 0.15) is 17.2 Å². The van der Waals surface area contributed by atoms with E-state index in [2.05, 4.69) is 0 Å². The van der Waals surface area contributed by atoms with Crippen LogP contribution < -0.4 is 4.90 Å². The van der Waals surface area contributed by atoms with Gasteiger partial charge in [-0.1, -0.05) is 60.7 Å². The third-order valence-corrected chi connectivity index (χ3v) is 4.95. The third kappa shape index (κ3) is 3.22. The number of nitro benzene ring substituents is 1. The minimum Gasteiger partial charge on any atom is -0.507 e. The molecule has 0 unspecified atom stereocenters. The summed E-state index contributed by atoms with van der Waals surface area (Å²) in [7, 11) is 0. The van der Waals surface area contributed by atoms with Gasteiger partial charge in [0.15, 0.2) is 0 Å². The Balaban J connectivity index is 1.91. The number of hydrogen-bond donors (Lipinski definition) is 1. The molecule has 1 aliphatic rings. The maximum absolute atomic E-state index is 13.0. The fraction of sp³-hybridized carbons (Fsp3) is 0.0435. The molecule has 1 fully saturated rings. The first-order valence-electron chi connectivity index (χ1n) is 9.15. The number of rotatable bonds is 4. The van der Waals surface area contributed by atoms with Gasteiger partial charge in [-0.3, -0.25) is 24.6 Å². The van der Waals surface area contributed by atoms with Crippen LogP contribution in [0, 0.1) is 10.1 Å². The van der Waals surface area contributed by atoms with Crippen molar-refractivity contribution >= 4 is 28.8 Å². The number of non-ortho nitro benzene ring substituents is 1. The summed E-state index contributed by atoms with van der Waals surface area (Å²) in [6.07, 6.45) is 0. The molecule has 1 aliphatic heterocycles. The van der Waals surface area contributed by atoms with Crippen LogP contribution in [-0.2, 0) is 9.59 Å². The Hall–Kier alpha value is -4.26. The SMILES string of the molecule is O=C1C(=O)N(c2ccc([N+](=O)[O-])cc2)[C@@H](c2ccccc2)/C1=C(\O)c1ccccc1. The van der Waals surface area contributed by atoms with Gasteiger partial charge < -0.3 is 5.11 Å². The van der Waals surface area contributed by atoms with Crippen LogP contribution in [0.3, 0.4) is 0 Å². The Bertz CT molecular complexity index is 1160. The van der Waals surface area contributed by atoms with Gasteiger partial charge in [0.05, 0.1) is 16.5 Å². The second-order valence-corrected chi connectivity index (χ2v) is 6.72. The summed E-state index contributed by atoms with van der Waals surface area (Å²) in [6.45, 7) is 0. The van der Waals surface area contributed by atoms with Crippen molar-refractivity contribution in [2.24, 2.45) is 0 Å². The molecule has 1 atom stereocenters. The number of aliphatic hydroxyl groups excluding tert-OH is 1. The highest BCUT2D eigenvalue weighted by Gasteiger charge is 2.46. The number of Topliss-reactive ketones (excluding diaryl/α,β-unsaturated/α-hetero) is 1. The standard InChI is InChI=1S/C23H16N2O5/c26-21(16-9-5-2-6-10-16)19-20(15-7-3-1-4-8-15)24(23(28)22(19)27)17-11-13-18(14-12-17)25(29)30/h1-14,20,26H/b21-19+/t20-/m0/s1. The molecule has 1 N–H and O–H groups in total. The number of benzene rings is 3. The molecule has 1 heterocycles. The molecule has 0 spiro atoms. The molecule has 0 radical (unpaired) electrons. The first kappa shape index (κ1) is 19.1. The van der Waals surface area contributed by atoms with Crippen LogP contribution in [0.4, 0.5) is 11.4 Å². The lowest BCUT2D eigenvalue weighted by molar-refractivity contribution is -0.384. The van der Waals surface area contributed by atoms with Crippen molar-refractivity contribution in [3.8, 4) is 0 Å². The normalized spacial score (nSPS) is 17.9. The lowest BCUT2D eigenvalue weighted by Gasteiger charge is -2.25. The first-order valence-corrected chi connectivity index (χ1v) is 9.15. The molecule has 0 bridgehead atoms. The zero-order valence-corrected chi connectivity index (χ0v) is 15.6. The number of carbonyl (C=O) groups excluding carboxylic acids is 2. The van der Waals surface area contributed by atoms with E-state index in [0.29, 0.717) is 16.8 Å². The quantitative estimate of drug-likeness (QED) is 0.232. The van der Waals surface area contributed by atoms with Crippen LogP contribution >= 0.6 is 0 Å². The van der Waals surface area contributed by atoms with Crippen LogP contribution in [0.2, 0.25) is 0 Å². The van der Waals surface area contributed by atoms with E-state index in [4.69, 9.17) is 0 Å². The average Bonchev–Trinajstić information content (AvgIpc) is 3.05. The van der Waals surface area contributed by atoms with Gasteiger partial charge in [-0.15, -0.1) is 0 Å². The number of nitro groups is 1. The van der Waals surface area contributed by atoms with E-state index in [0.717, 1.165) is 0 Å². The van der Waals surface area contributed by atoms with E-state index in [1.807, 2.05) is 0 Å². The number of amides is 1. The van der Waals surface area contributed by atoms with E-state index >= 15 is 0 Å².